The van der Waals surface area contributed by atoms with Crippen LogP contribution >= 0.6 is 22.7 Å². The Labute approximate surface area is 172 Å². The van der Waals surface area contributed by atoms with Crippen molar-refractivity contribution < 1.29 is 4.79 Å². The van der Waals surface area contributed by atoms with Crippen molar-refractivity contribution in [1.82, 2.24) is 10.4 Å². The van der Waals surface area contributed by atoms with Crippen LogP contribution in [0, 0.1) is 0 Å². The van der Waals surface area contributed by atoms with E-state index in [9.17, 15) is 4.79 Å². The van der Waals surface area contributed by atoms with Gasteiger partial charge in [-0.15, -0.1) is 22.7 Å². The Bertz CT molecular complexity index is 942. The Balaban J connectivity index is 1.29. The second kappa shape index (κ2) is 9.12. The molecule has 1 aliphatic rings. The lowest BCUT2D eigenvalue weighted by Gasteiger charge is -2.27. The molecule has 0 atom stereocenters. The molecule has 0 saturated carbocycles. The van der Waals surface area contributed by atoms with Gasteiger partial charge in [-0.05, 0) is 31.4 Å². The van der Waals surface area contributed by atoms with Gasteiger partial charge in [-0.25, -0.2) is 10.4 Å². The number of hydrogen-bond donors (Lipinski definition) is 1. The summed E-state index contributed by atoms with van der Waals surface area (Å²) in [7, 11) is 0. The fourth-order valence-corrected chi connectivity index (χ4v) is 4.91. The first kappa shape index (κ1) is 18.8. The maximum absolute atomic E-state index is 12.1. The van der Waals surface area contributed by atoms with Crippen LogP contribution in [0.15, 0.2) is 52.9 Å². The molecular weight excluding hydrogens is 388 g/mol. The summed E-state index contributed by atoms with van der Waals surface area (Å²) in [6.07, 6.45) is 5.81. The highest BCUT2D eigenvalue weighted by Crippen LogP contribution is 2.27. The van der Waals surface area contributed by atoms with Crippen LogP contribution < -0.4 is 10.3 Å². The van der Waals surface area contributed by atoms with Crippen molar-refractivity contribution in [3.05, 3.63) is 57.7 Å². The summed E-state index contributed by atoms with van der Waals surface area (Å²) in [5, 5.41) is 8.15. The molecule has 4 rings (SSSR count). The second-order valence-electron chi connectivity index (χ2n) is 6.69. The average molecular weight is 411 g/mol. The predicted molar refractivity (Wildman–Crippen MR) is 117 cm³/mol. The lowest BCUT2D eigenvalue weighted by Crippen LogP contribution is -2.28. The van der Waals surface area contributed by atoms with Crippen LogP contribution in [0.3, 0.4) is 0 Å². The van der Waals surface area contributed by atoms with E-state index in [1.165, 1.54) is 35.6 Å². The third-order valence-electron chi connectivity index (χ3n) is 4.59. The Morgan fingerprint density at radius 2 is 1.96 bits per heavy atom. The van der Waals surface area contributed by atoms with Gasteiger partial charge in [0.25, 0.3) is 0 Å². The Morgan fingerprint density at radius 3 is 2.79 bits per heavy atom. The van der Waals surface area contributed by atoms with Gasteiger partial charge in [0, 0.05) is 28.9 Å². The number of thiophene rings is 1. The predicted octanol–water partition coefficient (Wildman–Crippen LogP) is 4.55. The summed E-state index contributed by atoms with van der Waals surface area (Å²) in [4.78, 5) is 20.2. The van der Waals surface area contributed by atoms with Gasteiger partial charge in [0.05, 0.1) is 23.3 Å². The number of benzene rings is 1. The van der Waals surface area contributed by atoms with E-state index in [0.717, 1.165) is 34.2 Å². The van der Waals surface area contributed by atoms with Crippen molar-refractivity contribution in [2.75, 3.05) is 18.0 Å². The highest BCUT2D eigenvalue weighted by molar-refractivity contribution is 7.17. The van der Waals surface area contributed by atoms with Crippen molar-refractivity contribution in [1.29, 1.82) is 0 Å². The molecular formula is C21H22N4OS2. The molecule has 3 heterocycles. The molecule has 0 spiro atoms. The fourth-order valence-electron chi connectivity index (χ4n) is 3.17. The summed E-state index contributed by atoms with van der Waals surface area (Å²) in [5.41, 5.74) is 4.57. The number of nitrogens with zero attached hydrogens (tertiary/aromatic N) is 3. The molecule has 28 heavy (non-hydrogen) atoms. The Kier molecular flexibility index (Phi) is 6.14. The highest BCUT2D eigenvalue weighted by Gasteiger charge is 2.12. The van der Waals surface area contributed by atoms with E-state index in [4.69, 9.17) is 0 Å². The van der Waals surface area contributed by atoms with E-state index in [0.29, 0.717) is 0 Å². The van der Waals surface area contributed by atoms with Crippen LogP contribution in [-0.2, 0) is 11.2 Å². The number of hydrogen-bond acceptors (Lipinski definition) is 6. The van der Waals surface area contributed by atoms with Crippen molar-refractivity contribution in [3.8, 4) is 11.3 Å². The topological polar surface area (TPSA) is 57.6 Å². The first-order valence-corrected chi connectivity index (χ1v) is 11.1. The number of anilines is 1. The summed E-state index contributed by atoms with van der Waals surface area (Å²) >= 11 is 3.21. The molecule has 1 fully saturated rings. The zero-order valence-corrected chi connectivity index (χ0v) is 17.1. The number of thiazole rings is 1. The van der Waals surface area contributed by atoms with Gasteiger partial charge in [0.15, 0.2) is 0 Å². The van der Waals surface area contributed by atoms with Crippen LogP contribution in [0.4, 0.5) is 5.00 Å². The fraction of sp³-hybridized carbons (Fsp3) is 0.286. The molecule has 0 radical (unpaired) electrons. The minimum absolute atomic E-state index is 0.155. The molecule has 5 nitrogen and oxygen atoms in total. The number of rotatable bonds is 6. The zero-order chi connectivity index (χ0) is 19.2. The molecule has 3 aromatic rings. The molecule has 1 N–H and O–H groups in total. The van der Waals surface area contributed by atoms with Gasteiger partial charge in [-0.3, -0.25) is 4.79 Å². The molecule has 1 saturated heterocycles. The number of hydrazone groups is 1. The van der Waals surface area contributed by atoms with E-state index in [1.807, 2.05) is 35.7 Å². The van der Waals surface area contributed by atoms with Crippen LogP contribution in [-0.4, -0.2) is 30.2 Å². The molecule has 0 aliphatic carbocycles. The molecule has 0 bridgehead atoms. The summed E-state index contributed by atoms with van der Waals surface area (Å²) in [6, 6.07) is 14.2. The Hall–Kier alpha value is -2.51. The molecule has 2 aromatic heterocycles. The molecule has 0 unspecified atom stereocenters. The van der Waals surface area contributed by atoms with Crippen molar-refractivity contribution in [2.24, 2.45) is 5.10 Å². The minimum atomic E-state index is -0.155. The second-order valence-corrected chi connectivity index (χ2v) is 8.72. The molecule has 144 valence electrons. The van der Waals surface area contributed by atoms with Gasteiger partial charge < -0.3 is 4.90 Å². The van der Waals surface area contributed by atoms with Crippen molar-refractivity contribution in [2.45, 2.75) is 25.7 Å². The van der Waals surface area contributed by atoms with Gasteiger partial charge in [0.1, 0.15) is 5.01 Å². The number of carbonyl (C=O) groups is 1. The van der Waals surface area contributed by atoms with E-state index >= 15 is 0 Å². The monoisotopic (exact) mass is 410 g/mol. The summed E-state index contributed by atoms with van der Waals surface area (Å²) in [5.74, 6) is -0.155. The number of aromatic nitrogens is 1. The van der Waals surface area contributed by atoms with Gasteiger partial charge in [-0.2, -0.15) is 5.10 Å². The maximum Gasteiger partial charge on any atom is 0.246 e. The normalized spacial score (nSPS) is 14.5. The third kappa shape index (κ3) is 4.85. The smallest absolute Gasteiger partial charge is 0.246 e. The third-order valence-corrected chi connectivity index (χ3v) is 6.52. The number of carbonyl (C=O) groups excluding carboxylic acids is 1. The Morgan fingerprint density at radius 1 is 1.14 bits per heavy atom. The minimum Gasteiger partial charge on any atom is -0.363 e. The van der Waals surface area contributed by atoms with E-state index in [1.54, 1.807) is 17.6 Å². The standard InChI is InChI=1S/C21H22N4OS2/c26-19(13-20-23-18(15-27-20)16-7-3-1-4-8-16)24-22-14-17-9-10-21(28-17)25-11-5-2-6-12-25/h1,3-4,7-10,14-15H,2,5-6,11-13H2,(H,24,26)/b22-14-. The van der Waals surface area contributed by atoms with Crippen LogP contribution in [0.1, 0.15) is 29.1 Å². The molecule has 1 amide bonds. The number of piperidine rings is 1. The molecule has 7 heteroatoms. The van der Waals surface area contributed by atoms with Gasteiger partial charge in [0.2, 0.25) is 5.91 Å². The largest absolute Gasteiger partial charge is 0.363 e. The number of amides is 1. The van der Waals surface area contributed by atoms with Gasteiger partial charge >= 0.3 is 0 Å². The van der Waals surface area contributed by atoms with Crippen LogP contribution in [0.25, 0.3) is 11.3 Å². The maximum atomic E-state index is 12.1. The number of nitrogens with one attached hydrogen (secondary N) is 1. The quantitative estimate of drug-likeness (QED) is 0.479. The zero-order valence-electron chi connectivity index (χ0n) is 15.5. The van der Waals surface area contributed by atoms with E-state index in [-0.39, 0.29) is 12.3 Å². The lowest BCUT2D eigenvalue weighted by molar-refractivity contribution is -0.120. The van der Waals surface area contributed by atoms with E-state index < -0.39 is 0 Å². The molecule has 1 aromatic carbocycles. The average Bonchev–Trinajstić information content (AvgIpc) is 3.39. The SMILES string of the molecule is O=C(Cc1nc(-c2ccccc2)cs1)N/N=C\c1ccc(N2CCCCC2)s1. The molecule has 1 aliphatic heterocycles. The summed E-state index contributed by atoms with van der Waals surface area (Å²) < 4.78 is 0. The van der Waals surface area contributed by atoms with Crippen molar-refractivity contribution >= 4 is 39.8 Å². The summed E-state index contributed by atoms with van der Waals surface area (Å²) in [6.45, 7) is 2.26. The first-order valence-electron chi connectivity index (χ1n) is 9.44. The van der Waals surface area contributed by atoms with Gasteiger partial charge in [-0.1, -0.05) is 30.3 Å². The van der Waals surface area contributed by atoms with Crippen molar-refractivity contribution in [3.63, 3.8) is 0 Å². The van der Waals surface area contributed by atoms with Crippen LogP contribution in [0.5, 0.6) is 0 Å². The van der Waals surface area contributed by atoms with E-state index in [2.05, 4.69) is 32.5 Å². The van der Waals surface area contributed by atoms with Crippen LogP contribution in [0.2, 0.25) is 0 Å². The first-order chi connectivity index (χ1) is 13.8. The lowest BCUT2D eigenvalue weighted by atomic mass is 10.1. The highest BCUT2D eigenvalue weighted by atomic mass is 32.1.